The first-order chi connectivity index (χ1) is 17.4. The van der Waals surface area contributed by atoms with Crippen molar-refractivity contribution in [3.05, 3.63) is 87.7 Å². The summed E-state index contributed by atoms with van der Waals surface area (Å²) in [7, 11) is 1.93. The molecule has 3 aromatic rings. The van der Waals surface area contributed by atoms with Crippen LogP contribution in [0.4, 0.5) is 0 Å². The Balaban J connectivity index is 1.55. The Kier molecular flexibility index (Phi) is 8.42. The van der Waals surface area contributed by atoms with E-state index in [9.17, 15) is 4.79 Å². The molecule has 0 saturated heterocycles. The van der Waals surface area contributed by atoms with Crippen molar-refractivity contribution in [3.63, 3.8) is 0 Å². The van der Waals surface area contributed by atoms with Crippen molar-refractivity contribution in [2.24, 2.45) is 0 Å². The van der Waals surface area contributed by atoms with E-state index >= 15 is 0 Å². The number of hydrogen-bond acceptors (Lipinski definition) is 6. The molecule has 1 aliphatic rings. The highest BCUT2D eigenvalue weighted by Gasteiger charge is 2.25. The van der Waals surface area contributed by atoms with Gasteiger partial charge in [0, 0.05) is 42.6 Å². The van der Waals surface area contributed by atoms with Crippen LogP contribution in [0.15, 0.2) is 54.9 Å². The SMILES string of the molecule is CN(CCCC(=O)O)Cc1cc(Cl)c(O[C@H]2CCc3ccccc32)cc1OCc1cncc(C#N)c1. The van der Waals surface area contributed by atoms with E-state index in [1.54, 1.807) is 12.3 Å². The highest BCUT2D eigenvalue weighted by molar-refractivity contribution is 6.32. The van der Waals surface area contributed by atoms with Gasteiger partial charge < -0.3 is 19.5 Å². The molecule has 186 valence electrons. The Hall–Kier alpha value is -3.60. The third-order valence-electron chi connectivity index (χ3n) is 6.15. The molecular formula is C28H28ClN3O4. The van der Waals surface area contributed by atoms with Gasteiger partial charge in [0.25, 0.3) is 0 Å². The molecule has 36 heavy (non-hydrogen) atoms. The normalized spacial score (nSPS) is 14.3. The molecule has 0 amide bonds. The standard InChI is InChI=1S/C28H28ClN3O4/c1-32(10-4-7-28(33)34)17-22-12-24(29)27(36-25-9-8-21-5-2-3-6-23(21)25)13-26(22)35-18-20-11-19(14-30)15-31-16-20/h2-3,5-6,11-13,15-16,25H,4,7-10,17-18H2,1H3,(H,33,34)/t25-/m0/s1. The first-order valence-corrected chi connectivity index (χ1v) is 12.2. The number of fused-ring (bicyclic) bond motifs is 1. The third kappa shape index (κ3) is 6.54. The average molecular weight is 506 g/mol. The van der Waals surface area contributed by atoms with E-state index < -0.39 is 5.97 Å². The van der Waals surface area contributed by atoms with Crippen LogP contribution in [0, 0.1) is 11.3 Å². The zero-order chi connectivity index (χ0) is 25.5. The van der Waals surface area contributed by atoms with E-state index in [1.807, 2.05) is 36.2 Å². The molecule has 0 unspecified atom stereocenters. The van der Waals surface area contributed by atoms with Gasteiger partial charge in [-0.25, -0.2) is 0 Å². The van der Waals surface area contributed by atoms with E-state index in [0.717, 1.165) is 24.0 Å². The Morgan fingerprint density at radius 3 is 2.89 bits per heavy atom. The van der Waals surface area contributed by atoms with Crippen LogP contribution in [0.3, 0.4) is 0 Å². The van der Waals surface area contributed by atoms with Crippen LogP contribution >= 0.6 is 11.6 Å². The number of carboxylic acid groups (broad SMARTS) is 1. The molecule has 1 aliphatic carbocycles. The van der Waals surface area contributed by atoms with Crippen LogP contribution < -0.4 is 9.47 Å². The summed E-state index contributed by atoms with van der Waals surface area (Å²) in [6.45, 7) is 1.37. The molecule has 8 heteroatoms. The highest BCUT2D eigenvalue weighted by atomic mass is 35.5. The van der Waals surface area contributed by atoms with Gasteiger partial charge in [-0.15, -0.1) is 0 Å². The number of rotatable bonds is 11. The molecule has 1 aromatic heterocycles. The Morgan fingerprint density at radius 1 is 1.25 bits per heavy atom. The van der Waals surface area contributed by atoms with Gasteiger partial charge in [-0.3, -0.25) is 9.78 Å². The van der Waals surface area contributed by atoms with Gasteiger partial charge in [0.05, 0.1) is 10.6 Å². The molecule has 2 aromatic carbocycles. The minimum atomic E-state index is -0.807. The number of aliphatic carboxylic acids is 1. The summed E-state index contributed by atoms with van der Waals surface area (Å²) >= 11 is 6.67. The van der Waals surface area contributed by atoms with Crippen molar-refractivity contribution < 1.29 is 19.4 Å². The summed E-state index contributed by atoms with van der Waals surface area (Å²) in [4.78, 5) is 17.0. The molecule has 1 N–H and O–H groups in total. The number of aryl methyl sites for hydroxylation is 1. The van der Waals surface area contributed by atoms with Gasteiger partial charge in [-0.05, 0) is 56.1 Å². The van der Waals surface area contributed by atoms with Gasteiger partial charge >= 0.3 is 5.97 Å². The fourth-order valence-corrected chi connectivity index (χ4v) is 4.61. The van der Waals surface area contributed by atoms with E-state index in [1.165, 1.54) is 17.3 Å². The Morgan fingerprint density at radius 2 is 2.08 bits per heavy atom. The van der Waals surface area contributed by atoms with Crippen LogP contribution in [0.1, 0.15) is 53.2 Å². The van der Waals surface area contributed by atoms with Crippen molar-refractivity contribution >= 4 is 17.6 Å². The maximum Gasteiger partial charge on any atom is 0.303 e. The van der Waals surface area contributed by atoms with Crippen LogP contribution in [-0.2, 0) is 24.4 Å². The number of pyridine rings is 1. The summed E-state index contributed by atoms with van der Waals surface area (Å²) in [5.74, 6) is 0.362. The predicted molar refractivity (Wildman–Crippen MR) is 136 cm³/mol. The molecule has 0 spiro atoms. The van der Waals surface area contributed by atoms with Crippen molar-refractivity contribution in [1.82, 2.24) is 9.88 Å². The fraction of sp³-hybridized carbons (Fsp3) is 0.321. The van der Waals surface area contributed by atoms with E-state index in [0.29, 0.717) is 41.6 Å². The largest absolute Gasteiger partial charge is 0.488 e. The molecule has 0 bridgehead atoms. The number of hydrogen-bond donors (Lipinski definition) is 1. The summed E-state index contributed by atoms with van der Waals surface area (Å²) in [5.41, 5.74) is 4.57. The number of aromatic nitrogens is 1. The molecule has 0 aliphatic heterocycles. The Bertz CT molecular complexity index is 1270. The molecule has 0 saturated carbocycles. The lowest BCUT2D eigenvalue weighted by molar-refractivity contribution is -0.137. The van der Waals surface area contributed by atoms with Crippen LogP contribution in [0.2, 0.25) is 5.02 Å². The molecule has 7 nitrogen and oxygen atoms in total. The van der Waals surface area contributed by atoms with E-state index in [2.05, 4.69) is 23.2 Å². The van der Waals surface area contributed by atoms with Crippen LogP contribution in [0.25, 0.3) is 0 Å². The lowest BCUT2D eigenvalue weighted by Crippen LogP contribution is -2.20. The smallest absolute Gasteiger partial charge is 0.303 e. The Labute approximate surface area is 215 Å². The van der Waals surface area contributed by atoms with Crippen LogP contribution in [-0.4, -0.2) is 34.6 Å². The maximum absolute atomic E-state index is 10.9. The summed E-state index contributed by atoms with van der Waals surface area (Å²) < 4.78 is 12.6. The summed E-state index contributed by atoms with van der Waals surface area (Å²) in [6.07, 6.45) is 5.61. The molecular weight excluding hydrogens is 478 g/mol. The second-order valence-electron chi connectivity index (χ2n) is 8.95. The van der Waals surface area contributed by atoms with E-state index in [4.69, 9.17) is 31.4 Å². The lowest BCUT2D eigenvalue weighted by atomic mass is 10.1. The number of carboxylic acids is 1. The second-order valence-corrected chi connectivity index (χ2v) is 9.36. The van der Waals surface area contributed by atoms with Crippen molar-refractivity contribution in [2.75, 3.05) is 13.6 Å². The van der Waals surface area contributed by atoms with Gasteiger partial charge in [-0.1, -0.05) is 35.9 Å². The minimum Gasteiger partial charge on any atom is -0.488 e. The van der Waals surface area contributed by atoms with Crippen molar-refractivity contribution in [3.8, 4) is 17.6 Å². The van der Waals surface area contributed by atoms with Crippen LogP contribution in [0.5, 0.6) is 11.5 Å². The number of nitriles is 1. The average Bonchev–Trinajstić information content (AvgIpc) is 3.27. The fourth-order valence-electron chi connectivity index (χ4n) is 4.38. The molecule has 1 heterocycles. The van der Waals surface area contributed by atoms with Crippen molar-refractivity contribution in [2.45, 2.75) is 44.9 Å². The second kappa shape index (κ2) is 11.9. The molecule has 0 radical (unpaired) electrons. The molecule has 0 fully saturated rings. The van der Waals surface area contributed by atoms with Crippen molar-refractivity contribution in [1.29, 1.82) is 5.26 Å². The minimum absolute atomic E-state index is 0.0763. The zero-order valence-corrected chi connectivity index (χ0v) is 20.9. The number of carbonyl (C=O) groups is 1. The zero-order valence-electron chi connectivity index (χ0n) is 20.1. The molecule has 1 atom stereocenters. The monoisotopic (exact) mass is 505 g/mol. The number of halogens is 1. The first kappa shape index (κ1) is 25.5. The summed E-state index contributed by atoms with van der Waals surface area (Å²) in [6, 6.07) is 15.8. The molecule has 4 rings (SSSR count). The van der Waals surface area contributed by atoms with Gasteiger partial charge in [0.1, 0.15) is 30.3 Å². The highest BCUT2D eigenvalue weighted by Crippen LogP contribution is 2.40. The maximum atomic E-state index is 10.9. The first-order valence-electron chi connectivity index (χ1n) is 11.9. The van der Waals surface area contributed by atoms with Gasteiger partial charge in [0.15, 0.2) is 0 Å². The van der Waals surface area contributed by atoms with Gasteiger partial charge in [-0.2, -0.15) is 5.26 Å². The predicted octanol–water partition coefficient (Wildman–Crippen LogP) is 5.55. The third-order valence-corrected chi connectivity index (χ3v) is 6.45. The van der Waals surface area contributed by atoms with E-state index in [-0.39, 0.29) is 19.1 Å². The topological polar surface area (TPSA) is 95.7 Å². The lowest BCUT2D eigenvalue weighted by Gasteiger charge is -2.22. The quantitative estimate of drug-likeness (QED) is 0.365. The number of benzene rings is 2. The number of nitrogens with zero attached hydrogens (tertiary/aromatic N) is 3. The van der Waals surface area contributed by atoms with Gasteiger partial charge in [0.2, 0.25) is 0 Å². The summed E-state index contributed by atoms with van der Waals surface area (Å²) in [5, 5.41) is 18.6. The number of ether oxygens (including phenoxy) is 2.